The highest BCUT2D eigenvalue weighted by atomic mass is 19.1. The summed E-state index contributed by atoms with van der Waals surface area (Å²) in [6, 6.07) is 14.5. The normalized spacial score (nSPS) is 17.1. The third-order valence-electron chi connectivity index (χ3n) is 5.84. The van der Waals surface area contributed by atoms with Gasteiger partial charge in [0.15, 0.2) is 0 Å². The predicted octanol–water partition coefficient (Wildman–Crippen LogP) is 2.96. The smallest absolute Gasteiger partial charge is 0.272 e. The largest absolute Gasteiger partial charge is 0.331 e. The lowest BCUT2D eigenvalue weighted by molar-refractivity contribution is -0.131. The molecule has 3 aromatic rings. The quantitative estimate of drug-likeness (QED) is 0.608. The molecule has 10 heteroatoms. The van der Waals surface area contributed by atoms with Crippen molar-refractivity contribution in [1.29, 1.82) is 5.26 Å². The molecule has 0 aliphatic carbocycles. The van der Waals surface area contributed by atoms with Gasteiger partial charge in [0.25, 0.3) is 5.91 Å². The van der Waals surface area contributed by atoms with Crippen LogP contribution >= 0.6 is 0 Å². The molecule has 35 heavy (non-hydrogen) atoms. The van der Waals surface area contributed by atoms with Crippen LogP contribution in [-0.4, -0.2) is 58.7 Å². The van der Waals surface area contributed by atoms with Crippen molar-refractivity contribution < 1.29 is 23.2 Å². The van der Waals surface area contributed by atoms with Gasteiger partial charge in [0.1, 0.15) is 23.4 Å². The maximum Gasteiger partial charge on any atom is 0.272 e. The molecule has 4 rings (SSSR count). The van der Waals surface area contributed by atoms with E-state index in [1.165, 1.54) is 24.1 Å². The molecule has 1 aromatic heterocycles. The second-order valence-corrected chi connectivity index (χ2v) is 8.29. The molecule has 2 heterocycles. The Balaban J connectivity index is 1.42. The summed E-state index contributed by atoms with van der Waals surface area (Å²) >= 11 is 0. The SMILES string of the molecule is CN(CC(=O)N1CC(C(=O)Nc2ccccc2)CC1C#N)C(=O)c1ccc2c(F)cc(F)cc2n1. The van der Waals surface area contributed by atoms with E-state index in [1.54, 1.807) is 24.3 Å². The second-order valence-electron chi connectivity index (χ2n) is 8.29. The van der Waals surface area contributed by atoms with E-state index in [1.807, 2.05) is 12.1 Å². The van der Waals surface area contributed by atoms with Crippen LogP contribution in [0.2, 0.25) is 0 Å². The van der Waals surface area contributed by atoms with Crippen LogP contribution in [0.5, 0.6) is 0 Å². The van der Waals surface area contributed by atoms with Gasteiger partial charge in [-0.3, -0.25) is 14.4 Å². The molecule has 0 spiro atoms. The number of hydrogen-bond acceptors (Lipinski definition) is 5. The fraction of sp³-hybridized carbons (Fsp3) is 0.240. The van der Waals surface area contributed by atoms with Gasteiger partial charge >= 0.3 is 0 Å². The lowest BCUT2D eigenvalue weighted by atomic mass is 10.1. The number of para-hydroxylation sites is 1. The second kappa shape index (κ2) is 9.85. The zero-order valence-corrected chi connectivity index (χ0v) is 18.7. The Morgan fingerprint density at radius 2 is 1.91 bits per heavy atom. The van der Waals surface area contributed by atoms with Gasteiger partial charge in [0.05, 0.1) is 24.0 Å². The van der Waals surface area contributed by atoms with E-state index in [9.17, 15) is 28.4 Å². The minimum absolute atomic E-state index is 0.0237. The maximum absolute atomic E-state index is 13.9. The number of rotatable bonds is 5. The number of likely N-dealkylation sites (N-methyl/N-ethyl adjacent to an activating group) is 1. The van der Waals surface area contributed by atoms with Gasteiger partial charge in [-0.25, -0.2) is 13.8 Å². The van der Waals surface area contributed by atoms with E-state index in [4.69, 9.17) is 0 Å². The average Bonchev–Trinajstić information content (AvgIpc) is 3.28. The van der Waals surface area contributed by atoms with Gasteiger partial charge < -0.3 is 15.1 Å². The summed E-state index contributed by atoms with van der Waals surface area (Å²) in [6.07, 6.45) is 0.182. The number of nitrogens with zero attached hydrogens (tertiary/aromatic N) is 4. The van der Waals surface area contributed by atoms with Gasteiger partial charge in [-0.2, -0.15) is 5.26 Å². The molecular formula is C25H21F2N5O3. The highest BCUT2D eigenvalue weighted by molar-refractivity contribution is 5.97. The fourth-order valence-electron chi connectivity index (χ4n) is 4.03. The topological polar surface area (TPSA) is 106 Å². The molecule has 1 saturated heterocycles. The van der Waals surface area contributed by atoms with Crippen LogP contribution in [0.15, 0.2) is 54.6 Å². The van der Waals surface area contributed by atoms with Gasteiger partial charge in [-0.15, -0.1) is 0 Å². The number of hydrogen-bond donors (Lipinski definition) is 1. The summed E-state index contributed by atoms with van der Waals surface area (Å²) in [7, 11) is 1.38. The number of benzene rings is 2. The van der Waals surface area contributed by atoms with Crippen LogP contribution < -0.4 is 5.32 Å². The fourth-order valence-corrected chi connectivity index (χ4v) is 4.03. The Labute approximate surface area is 199 Å². The average molecular weight is 477 g/mol. The molecule has 2 atom stereocenters. The lowest BCUT2D eigenvalue weighted by Crippen LogP contribution is -2.43. The Morgan fingerprint density at radius 1 is 1.17 bits per heavy atom. The zero-order chi connectivity index (χ0) is 25.1. The third-order valence-corrected chi connectivity index (χ3v) is 5.84. The summed E-state index contributed by atoms with van der Waals surface area (Å²) in [5.74, 6) is -3.61. The van der Waals surface area contributed by atoms with Crippen molar-refractivity contribution in [2.24, 2.45) is 5.92 Å². The number of nitriles is 1. The Hall–Kier alpha value is -4.39. The molecule has 1 N–H and O–H groups in total. The van der Waals surface area contributed by atoms with Crippen molar-refractivity contribution in [2.75, 3.05) is 25.5 Å². The number of nitrogens with one attached hydrogen (secondary N) is 1. The van der Waals surface area contributed by atoms with Crippen LogP contribution in [0.3, 0.4) is 0 Å². The van der Waals surface area contributed by atoms with Crippen molar-refractivity contribution in [1.82, 2.24) is 14.8 Å². The standard InChI is InChI=1S/C25H21F2N5O3/c1-31(25(35)21-8-7-19-20(27)10-16(26)11-22(19)30-21)14-23(33)32-13-15(9-18(32)12-28)24(34)29-17-5-3-2-4-6-17/h2-8,10-11,15,18H,9,13-14H2,1H3,(H,29,34). The van der Waals surface area contributed by atoms with E-state index < -0.39 is 35.4 Å². The molecule has 0 radical (unpaired) electrons. The number of anilines is 1. The number of carbonyl (C=O) groups excluding carboxylic acids is 3. The molecule has 1 aliphatic heterocycles. The summed E-state index contributed by atoms with van der Waals surface area (Å²) in [5.41, 5.74) is 0.504. The van der Waals surface area contributed by atoms with Gasteiger partial charge in [-0.05, 0) is 30.7 Å². The first-order chi connectivity index (χ1) is 16.8. The van der Waals surface area contributed by atoms with Gasteiger partial charge in [0, 0.05) is 36.8 Å². The number of carbonyl (C=O) groups is 3. The Bertz CT molecular complexity index is 1340. The Morgan fingerprint density at radius 3 is 2.63 bits per heavy atom. The number of likely N-dealkylation sites (tertiary alicyclic amines) is 1. The maximum atomic E-state index is 13.9. The zero-order valence-electron chi connectivity index (χ0n) is 18.7. The van der Waals surface area contributed by atoms with E-state index >= 15 is 0 Å². The van der Waals surface area contributed by atoms with Gasteiger partial charge in [0.2, 0.25) is 11.8 Å². The first-order valence-electron chi connectivity index (χ1n) is 10.8. The van der Waals surface area contributed by atoms with Crippen LogP contribution in [0.1, 0.15) is 16.9 Å². The number of pyridine rings is 1. The molecule has 3 amide bonds. The first kappa shape index (κ1) is 23.8. The van der Waals surface area contributed by atoms with E-state index in [-0.39, 0.29) is 42.0 Å². The summed E-state index contributed by atoms with van der Waals surface area (Å²) in [4.78, 5) is 44.8. The van der Waals surface area contributed by atoms with Crippen LogP contribution in [0.25, 0.3) is 10.9 Å². The molecule has 8 nitrogen and oxygen atoms in total. The monoisotopic (exact) mass is 477 g/mol. The molecule has 0 saturated carbocycles. The summed E-state index contributed by atoms with van der Waals surface area (Å²) in [6.45, 7) is -0.314. The Kier molecular flexibility index (Phi) is 6.68. The van der Waals surface area contributed by atoms with Crippen LogP contribution in [-0.2, 0) is 9.59 Å². The third kappa shape index (κ3) is 5.09. The van der Waals surface area contributed by atoms with Crippen molar-refractivity contribution in [2.45, 2.75) is 12.5 Å². The van der Waals surface area contributed by atoms with Crippen LogP contribution in [0.4, 0.5) is 14.5 Å². The van der Waals surface area contributed by atoms with Gasteiger partial charge in [-0.1, -0.05) is 18.2 Å². The molecule has 0 bridgehead atoms. The van der Waals surface area contributed by atoms with E-state index in [2.05, 4.69) is 10.3 Å². The lowest BCUT2D eigenvalue weighted by Gasteiger charge is -2.23. The van der Waals surface area contributed by atoms with E-state index in [0.29, 0.717) is 5.69 Å². The highest BCUT2D eigenvalue weighted by Crippen LogP contribution is 2.25. The minimum Gasteiger partial charge on any atom is -0.331 e. The van der Waals surface area contributed by atoms with Crippen molar-refractivity contribution in [3.8, 4) is 6.07 Å². The molecule has 178 valence electrons. The molecule has 2 unspecified atom stereocenters. The predicted molar refractivity (Wildman–Crippen MR) is 123 cm³/mol. The van der Waals surface area contributed by atoms with Crippen molar-refractivity contribution in [3.05, 3.63) is 71.9 Å². The van der Waals surface area contributed by atoms with Crippen molar-refractivity contribution >= 4 is 34.3 Å². The number of aromatic nitrogens is 1. The molecular weight excluding hydrogens is 456 g/mol. The first-order valence-corrected chi connectivity index (χ1v) is 10.8. The highest BCUT2D eigenvalue weighted by Gasteiger charge is 2.39. The minimum atomic E-state index is -0.821. The van der Waals surface area contributed by atoms with Crippen molar-refractivity contribution in [3.63, 3.8) is 0 Å². The van der Waals surface area contributed by atoms with E-state index in [0.717, 1.165) is 17.0 Å². The molecule has 1 aliphatic rings. The van der Waals surface area contributed by atoms with Crippen LogP contribution in [0, 0.1) is 28.9 Å². The molecule has 2 aromatic carbocycles. The number of halogens is 2. The molecule has 1 fully saturated rings. The summed E-state index contributed by atoms with van der Waals surface area (Å²) < 4.78 is 27.4. The number of amides is 3. The number of fused-ring (bicyclic) bond motifs is 1. The summed E-state index contributed by atoms with van der Waals surface area (Å²) in [5, 5.41) is 12.4.